The van der Waals surface area contributed by atoms with E-state index in [-0.39, 0.29) is 12.0 Å². The molecule has 3 nitrogen and oxygen atoms in total. The van der Waals surface area contributed by atoms with Crippen molar-refractivity contribution in [2.75, 3.05) is 7.11 Å². The van der Waals surface area contributed by atoms with E-state index in [9.17, 15) is 9.18 Å². The number of aromatic nitrogens is 1. The number of esters is 1. The Bertz CT molecular complexity index is 325. The first-order valence-corrected chi connectivity index (χ1v) is 3.82. The fourth-order valence-electron chi connectivity index (χ4n) is 0.913. The molecule has 4 heteroatoms. The third kappa shape index (κ3) is 2.50. The maximum absolute atomic E-state index is 13.0. The van der Waals surface area contributed by atoms with Gasteiger partial charge in [0.25, 0.3) is 0 Å². The van der Waals surface area contributed by atoms with Crippen LogP contribution in [0.15, 0.2) is 12.1 Å². The van der Waals surface area contributed by atoms with E-state index in [1.54, 1.807) is 13.0 Å². The molecule has 0 aliphatic heterocycles. The monoisotopic (exact) mass is 183 g/mol. The van der Waals surface area contributed by atoms with Crippen molar-refractivity contribution in [3.8, 4) is 0 Å². The molecule has 1 aromatic rings. The highest BCUT2D eigenvalue weighted by Crippen LogP contribution is 2.06. The highest BCUT2D eigenvalue weighted by Gasteiger charge is 2.08. The summed E-state index contributed by atoms with van der Waals surface area (Å²) in [5.74, 6) is -1.07. The Morgan fingerprint density at radius 1 is 1.62 bits per heavy atom. The maximum atomic E-state index is 13.0. The molecular weight excluding hydrogens is 173 g/mol. The van der Waals surface area contributed by atoms with Crippen molar-refractivity contribution >= 4 is 5.97 Å². The average Bonchev–Trinajstić information content (AvgIpc) is 2.09. The van der Waals surface area contributed by atoms with Crippen LogP contribution in [0.2, 0.25) is 0 Å². The van der Waals surface area contributed by atoms with Crippen molar-refractivity contribution in [1.29, 1.82) is 0 Å². The third-order valence-corrected chi connectivity index (χ3v) is 1.63. The van der Waals surface area contributed by atoms with E-state index in [0.717, 1.165) is 0 Å². The van der Waals surface area contributed by atoms with Gasteiger partial charge in [-0.25, -0.2) is 4.98 Å². The number of carbonyl (C=O) groups excluding carboxylic acids is 1. The Morgan fingerprint density at radius 2 is 2.31 bits per heavy atom. The van der Waals surface area contributed by atoms with Crippen LogP contribution in [0.3, 0.4) is 0 Å². The van der Waals surface area contributed by atoms with Crippen molar-refractivity contribution in [1.82, 2.24) is 4.98 Å². The van der Waals surface area contributed by atoms with E-state index in [1.807, 2.05) is 0 Å². The van der Waals surface area contributed by atoms with Gasteiger partial charge in [-0.1, -0.05) is 6.07 Å². The summed E-state index contributed by atoms with van der Waals surface area (Å²) in [6, 6.07) is 3.19. The predicted molar refractivity (Wildman–Crippen MR) is 44.7 cm³/mol. The molecule has 0 fully saturated rings. The number of hydrogen-bond acceptors (Lipinski definition) is 3. The van der Waals surface area contributed by atoms with Gasteiger partial charge in [0.2, 0.25) is 5.95 Å². The van der Waals surface area contributed by atoms with Gasteiger partial charge in [0.15, 0.2) is 0 Å². The number of methoxy groups -OCH3 is 1. The first-order chi connectivity index (χ1) is 6.13. The van der Waals surface area contributed by atoms with E-state index >= 15 is 0 Å². The van der Waals surface area contributed by atoms with Gasteiger partial charge in [0, 0.05) is 11.3 Å². The van der Waals surface area contributed by atoms with E-state index in [2.05, 4.69) is 9.72 Å². The molecule has 1 aromatic heterocycles. The maximum Gasteiger partial charge on any atom is 0.310 e. The Labute approximate surface area is 75.6 Å². The number of aryl methyl sites for hydroxylation is 1. The molecule has 0 aromatic carbocycles. The standard InChI is InChI=1S/C9H10FNO2/c1-6-3-4-7(9(10)11-6)5-8(12)13-2/h3-4H,5H2,1-2H3. The van der Waals surface area contributed by atoms with Gasteiger partial charge >= 0.3 is 5.97 Å². The zero-order valence-corrected chi connectivity index (χ0v) is 7.50. The van der Waals surface area contributed by atoms with Crippen LogP contribution in [0.4, 0.5) is 4.39 Å². The highest BCUT2D eigenvalue weighted by atomic mass is 19.1. The van der Waals surface area contributed by atoms with Gasteiger partial charge < -0.3 is 4.74 Å². The van der Waals surface area contributed by atoms with E-state index in [4.69, 9.17) is 0 Å². The molecule has 0 spiro atoms. The second-order valence-electron chi connectivity index (χ2n) is 2.66. The fraction of sp³-hybridized carbons (Fsp3) is 0.333. The van der Waals surface area contributed by atoms with Crippen LogP contribution in [0.5, 0.6) is 0 Å². The topological polar surface area (TPSA) is 39.2 Å². The summed E-state index contributed by atoms with van der Waals surface area (Å²) in [6.45, 7) is 1.69. The summed E-state index contributed by atoms with van der Waals surface area (Å²) in [7, 11) is 1.27. The van der Waals surface area contributed by atoms with Crippen molar-refractivity contribution in [3.63, 3.8) is 0 Å². The van der Waals surface area contributed by atoms with Gasteiger partial charge in [-0.05, 0) is 13.0 Å². The Kier molecular flexibility index (Phi) is 2.95. The van der Waals surface area contributed by atoms with Gasteiger partial charge in [-0.2, -0.15) is 4.39 Å². The van der Waals surface area contributed by atoms with Crippen molar-refractivity contribution in [3.05, 3.63) is 29.3 Å². The molecule has 1 rings (SSSR count). The minimum absolute atomic E-state index is 0.0738. The molecule has 0 N–H and O–H groups in total. The number of hydrogen-bond donors (Lipinski definition) is 0. The quantitative estimate of drug-likeness (QED) is 0.511. The first kappa shape index (κ1) is 9.64. The van der Waals surface area contributed by atoms with Crippen molar-refractivity contribution in [2.24, 2.45) is 0 Å². The molecule has 0 radical (unpaired) electrons. The van der Waals surface area contributed by atoms with Gasteiger partial charge in [0.1, 0.15) is 0 Å². The summed E-state index contributed by atoms with van der Waals surface area (Å²) in [6.07, 6.45) is -0.0738. The number of carbonyl (C=O) groups is 1. The summed E-state index contributed by atoms with van der Waals surface area (Å²) in [5, 5.41) is 0. The van der Waals surface area contributed by atoms with Gasteiger partial charge in [0.05, 0.1) is 13.5 Å². The lowest BCUT2D eigenvalue weighted by atomic mass is 10.2. The molecule has 70 valence electrons. The van der Waals surface area contributed by atoms with Crippen molar-refractivity contribution in [2.45, 2.75) is 13.3 Å². The zero-order chi connectivity index (χ0) is 9.84. The second-order valence-corrected chi connectivity index (χ2v) is 2.66. The lowest BCUT2D eigenvalue weighted by Crippen LogP contribution is -2.07. The predicted octanol–water partition coefficient (Wildman–Crippen LogP) is 1.24. The summed E-state index contributed by atoms with van der Waals surface area (Å²) < 4.78 is 17.4. The molecule has 0 atom stereocenters. The molecule has 0 amide bonds. The molecule has 1 heterocycles. The molecule has 0 saturated carbocycles. The second kappa shape index (κ2) is 3.98. The lowest BCUT2D eigenvalue weighted by Gasteiger charge is -2.01. The molecular formula is C9H10FNO2. The Morgan fingerprint density at radius 3 is 2.85 bits per heavy atom. The van der Waals surface area contributed by atoms with E-state index in [1.165, 1.54) is 13.2 Å². The minimum Gasteiger partial charge on any atom is -0.469 e. The number of halogens is 1. The number of pyridine rings is 1. The molecule has 0 unspecified atom stereocenters. The fourth-order valence-corrected chi connectivity index (χ4v) is 0.913. The molecule has 13 heavy (non-hydrogen) atoms. The molecule has 0 saturated heterocycles. The van der Waals surface area contributed by atoms with Crippen LogP contribution in [0.1, 0.15) is 11.3 Å². The third-order valence-electron chi connectivity index (χ3n) is 1.63. The number of nitrogens with zero attached hydrogens (tertiary/aromatic N) is 1. The van der Waals surface area contributed by atoms with Gasteiger partial charge in [-0.3, -0.25) is 4.79 Å². The molecule has 0 aliphatic rings. The van der Waals surface area contributed by atoms with Crippen LogP contribution >= 0.6 is 0 Å². The summed E-state index contributed by atoms with van der Waals surface area (Å²) >= 11 is 0. The summed E-state index contributed by atoms with van der Waals surface area (Å²) in [4.78, 5) is 14.4. The van der Waals surface area contributed by atoms with Crippen LogP contribution in [0, 0.1) is 12.9 Å². The Balaban J connectivity index is 2.83. The molecule has 0 bridgehead atoms. The van der Waals surface area contributed by atoms with E-state index in [0.29, 0.717) is 5.69 Å². The molecule has 0 aliphatic carbocycles. The van der Waals surface area contributed by atoms with Crippen LogP contribution in [-0.2, 0) is 16.0 Å². The smallest absolute Gasteiger partial charge is 0.310 e. The largest absolute Gasteiger partial charge is 0.469 e. The average molecular weight is 183 g/mol. The Hall–Kier alpha value is -1.45. The summed E-state index contributed by atoms with van der Waals surface area (Å²) in [5.41, 5.74) is 0.851. The van der Waals surface area contributed by atoms with Gasteiger partial charge in [-0.15, -0.1) is 0 Å². The van der Waals surface area contributed by atoms with Crippen LogP contribution in [-0.4, -0.2) is 18.1 Å². The zero-order valence-electron chi connectivity index (χ0n) is 7.50. The SMILES string of the molecule is COC(=O)Cc1ccc(C)nc1F. The van der Waals surface area contributed by atoms with Crippen LogP contribution in [0.25, 0.3) is 0 Å². The normalized spacial score (nSPS) is 9.77. The minimum atomic E-state index is -0.606. The van der Waals surface area contributed by atoms with Crippen molar-refractivity contribution < 1.29 is 13.9 Å². The lowest BCUT2D eigenvalue weighted by molar-refractivity contribution is -0.139. The van der Waals surface area contributed by atoms with E-state index < -0.39 is 11.9 Å². The highest BCUT2D eigenvalue weighted by molar-refractivity contribution is 5.72. The van der Waals surface area contributed by atoms with Crippen LogP contribution < -0.4 is 0 Å². The first-order valence-electron chi connectivity index (χ1n) is 3.82. The number of ether oxygens (including phenoxy) is 1. The number of rotatable bonds is 2.